The second kappa shape index (κ2) is 10.8. The first-order chi connectivity index (χ1) is 15.2. The van der Waals surface area contributed by atoms with Crippen LogP contribution in [-0.4, -0.2) is 63.5 Å². The number of aliphatic imine (C=N–C) groups is 1. The van der Waals surface area contributed by atoms with E-state index in [4.69, 9.17) is 19.2 Å². The molecule has 0 radical (unpaired) electrons. The quantitative estimate of drug-likeness (QED) is 0.524. The average Bonchev–Trinajstić information content (AvgIpc) is 3.07. The van der Waals surface area contributed by atoms with Gasteiger partial charge in [-0.3, -0.25) is 9.89 Å². The van der Waals surface area contributed by atoms with Crippen LogP contribution in [0.4, 0.5) is 5.69 Å². The molecule has 2 aromatic rings. The van der Waals surface area contributed by atoms with Gasteiger partial charge in [-0.2, -0.15) is 0 Å². The van der Waals surface area contributed by atoms with Gasteiger partial charge in [0.25, 0.3) is 0 Å². The summed E-state index contributed by atoms with van der Waals surface area (Å²) in [6.07, 6.45) is 0.895. The van der Waals surface area contributed by atoms with Gasteiger partial charge in [-0.05, 0) is 38.1 Å². The van der Waals surface area contributed by atoms with Crippen LogP contribution in [0.1, 0.15) is 29.1 Å². The molecule has 0 amide bonds. The van der Waals surface area contributed by atoms with Crippen molar-refractivity contribution in [3.8, 4) is 11.5 Å². The number of rotatable bonds is 6. The van der Waals surface area contributed by atoms with Crippen LogP contribution in [0.25, 0.3) is 0 Å². The second-order valence-electron chi connectivity index (χ2n) is 7.67. The Labute approximate surface area is 188 Å². The van der Waals surface area contributed by atoms with Crippen molar-refractivity contribution in [2.75, 3.05) is 57.9 Å². The predicted molar refractivity (Wildman–Crippen MR) is 126 cm³/mol. The van der Waals surface area contributed by atoms with Gasteiger partial charge >= 0.3 is 0 Å². The Morgan fingerprint density at radius 3 is 2.65 bits per heavy atom. The minimum absolute atomic E-state index is 0.252. The number of guanidine groups is 1. The molecule has 1 saturated heterocycles. The van der Waals surface area contributed by atoms with Crippen molar-refractivity contribution in [1.82, 2.24) is 10.2 Å². The fourth-order valence-electron chi connectivity index (χ4n) is 3.77. The third kappa shape index (κ3) is 5.90. The van der Waals surface area contributed by atoms with Crippen molar-refractivity contribution in [3.63, 3.8) is 0 Å². The number of ether oxygens (including phenoxy) is 3. The monoisotopic (exact) mass is 444 g/mol. The van der Waals surface area contributed by atoms with Gasteiger partial charge in [0.05, 0.1) is 39.0 Å². The molecular weight excluding hydrogens is 412 g/mol. The van der Waals surface area contributed by atoms with Crippen LogP contribution >= 0.6 is 11.3 Å². The molecule has 0 bridgehead atoms. The van der Waals surface area contributed by atoms with E-state index in [-0.39, 0.29) is 6.04 Å². The van der Waals surface area contributed by atoms with E-state index in [2.05, 4.69) is 41.5 Å². The van der Waals surface area contributed by atoms with E-state index in [0.29, 0.717) is 19.8 Å². The lowest BCUT2D eigenvalue weighted by Gasteiger charge is -2.33. The molecule has 1 atom stereocenters. The van der Waals surface area contributed by atoms with Gasteiger partial charge in [0.15, 0.2) is 17.5 Å². The fraction of sp³-hybridized carbons (Fsp3) is 0.522. The van der Waals surface area contributed by atoms with Crippen LogP contribution in [0, 0.1) is 6.92 Å². The molecule has 168 valence electrons. The van der Waals surface area contributed by atoms with Crippen molar-refractivity contribution in [2.24, 2.45) is 4.99 Å². The highest BCUT2D eigenvalue weighted by atomic mass is 32.1. The minimum Gasteiger partial charge on any atom is -0.490 e. The Morgan fingerprint density at radius 2 is 1.90 bits per heavy atom. The molecule has 31 heavy (non-hydrogen) atoms. The van der Waals surface area contributed by atoms with Gasteiger partial charge in [0.1, 0.15) is 0 Å². The van der Waals surface area contributed by atoms with Gasteiger partial charge in [0.2, 0.25) is 0 Å². The molecule has 0 aliphatic carbocycles. The molecule has 2 N–H and O–H groups in total. The number of aryl methyl sites for hydroxylation is 1. The summed E-state index contributed by atoms with van der Waals surface area (Å²) in [5.74, 6) is 2.34. The molecular formula is C23H32N4O3S. The van der Waals surface area contributed by atoms with Crippen molar-refractivity contribution in [2.45, 2.75) is 26.3 Å². The van der Waals surface area contributed by atoms with Crippen LogP contribution in [0.2, 0.25) is 0 Å². The molecule has 1 unspecified atom stereocenters. The molecule has 1 aromatic heterocycles. The van der Waals surface area contributed by atoms with Crippen molar-refractivity contribution < 1.29 is 14.2 Å². The number of nitrogens with one attached hydrogen (secondary N) is 2. The fourth-order valence-corrected chi connectivity index (χ4v) is 4.77. The smallest absolute Gasteiger partial charge is 0.195 e. The Bertz CT molecular complexity index is 879. The Morgan fingerprint density at radius 1 is 1.10 bits per heavy atom. The van der Waals surface area contributed by atoms with E-state index in [0.717, 1.165) is 62.4 Å². The largest absolute Gasteiger partial charge is 0.490 e. The Hall–Kier alpha value is -2.29. The van der Waals surface area contributed by atoms with Crippen LogP contribution < -0.4 is 20.1 Å². The minimum atomic E-state index is 0.252. The Kier molecular flexibility index (Phi) is 7.66. The number of thiophene rings is 1. The number of anilines is 1. The molecule has 2 aliphatic rings. The SMILES string of the molecule is CCNC(=NCC(c1ccc(C)s1)N1CCOCC1)Nc1ccc2c(c1)OCCCO2. The van der Waals surface area contributed by atoms with Gasteiger partial charge in [-0.25, -0.2) is 0 Å². The third-order valence-electron chi connectivity index (χ3n) is 5.35. The van der Waals surface area contributed by atoms with Gasteiger partial charge in [-0.1, -0.05) is 0 Å². The molecule has 2 aliphatic heterocycles. The predicted octanol–water partition coefficient (Wildman–Crippen LogP) is 3.67. The molecule has 1 fully saturated rings. The van der Waals surface area contributed by atoms with Gasteiger partial charge in [0, 0.05) is 47.6 Å². The van der Waals surface area contributed by atoms with Crippen LogP contribution in [0.15, 0.2) is 35.3 Å². The van der Waals surface area contributed by atoms with E-state index in [1.54, 1.807) is 0 Å². The molecule has 7 nitrogen and oxygen atoms in total. The summed E-state index contributed by atoms with van der Waals surface area (Å²) in [4.78, 5) is 10.1. The molecule has 0 saturated carbocycles. The lowest BCUT2D eigenvalue weighted by atomic mass is 10.2. The maximum atomic E-state index is 5.83. The van der Waals surface area contributed by atoms with Crippen LogP contribution in [0.3, 0.4) is 0 Å². The summed E-state index contributed by atoms with van der Waals surface area (Å²) >= 11 is 1.85. The van der Waals surface area contributed by atoms with Crippen molar-refractivity contribution >= 4 is 23.0 Å². The third-order valence-corrected chi connectivity index (χ3v) is 6.45. The average molecular weight is 445 g/mol. The number of fused-ring (bicyclic) bond motifs is 1. The Balaban J connectivity index is 1.50. The first-order valence-corrected chi connectivity index (χ1v) is 11.9. The van der Waals surface area contributed by atoms with Crippen LogP contribution in [-0.2, 0) is 4.74 Å². The van der Waals surface area contributed by atoms with E-state index in [9.17, 15) is 0 Å². The zero-order valence-electron chi connectivity index (χ0n) is 18.4. The molecule has 8 heteroatoms. The summed E-state index contributed by atoms with van der Waals surface area (Å²) in [7, 11) is 0. The highest BCUT2D eigenvalue weighted by Crippen LogP contribution is 2.32. The first-order valence-electron chi connectivity index (χ1n) is 11.1. The first kappa shape index (κ1) is 21.9. The number of morpholine rings is 1. The zero-order valence-corrected chi connectivity index (χ0v) is 19.2. The van der Waals surface area contributed by atoms with Crippen molar-refractivity contribution in [3.05, 3.63) is 40.1 Å². The summed E-state index contributed by atoms with van der Waals surface area (Å²) in [6, 6.07) is 10.6. The summed E-state index contributed by atoms with van der Waals surface area (Å²) in [6.45, 7) is 10.5. The van der Waals surface area contributed by atoms with E-state index in [1.165, 1.54) is 9.75 Å². The maximum Gasteiger partial charge on any atom is 0.195 e. The van der Waals surface area contributed by atoms with Crippen molar-refractivity contribution in [1.29, 1.82) is 0 Å². The maximum absolute atomic E-state index is 5.83. The molecule has 4 rings (SSSR count). The van der Waals surface area contributed by atoms with Gasteiger partial charge < -0.3 is 24.8 Å². The summed E-state index contributed by atoms with van der Waals surface area (Å²) in [5, 5.41) is 6.79. The lowest BCUT2D eigenvalue weighted by Crippen LogP contribution is -2.40. The van der Waals surface area contributed by atoms with Gasteiger partial charge in [-0.15, -0.1) is 11.3 Å². The summed E-state index contributed by atoms with van der Waals surface area (Å²) in [5.41, 5.74) is 0.929. The topological polar surface area (TPSA) is 67.4 Å². The number of benzene rings is 1. The molecule has 0 spiro atoms. The van der Waals surface area contributed by atoms with Crippen LogP contribution in [0.5, 0.6) is 11.5 Å². The lowest BCUT2D eigenvalue weighted by molar-refractivity contribution is 0.0187. The van der Waals surface area contributed by atoms with E-state index in [1.807, 2.05) is 29.5 Å². The highest BCUT2D eigenvalue weighted by molar-refractivity contribution is 7.12. The van der Waals surface area contributed by atoms with E-state index < -0.39 is 0 Å². The number of hydrogen-bond donors (Lipinski definition) is 2. The molecule has 1 aromatic carbocycles. The van der Waals surface area contributed by atoms with E-state index >= 15 is 0 Å². The second-order valence-corrected chi connectivity index (χ2v) is 8.99. The highest BCUT2D eigenvalue weighted by Gasteiger charge is 2.24. The zero-order chi connectivity index (χ0) is 21.5. The molecule has 3 heterocycles. The number of hydrogen-bond acceptors (Lipinski definition) is 6. The number of nitrogens with zero attached hydrogens (tertiary/aromatic N) is 2. The standard InChI is InChI=1S/C23H32N4O3S/c1-3-24-23(26-18-6-7-20-21(15-18)30-12-4-11-29-20)25-16-19(22-8-5-17(2)31-22)27-9-13-28-14-10-27/h5-8,15,19H,3-4,9-14,16H2,1-2H3,(H2,24,25,26). The normalized spacial score (nSPS) is 18.3. The summed E-state index contributed by atoms with van der Waals surface area (Å²) < 4.78 is 17.1.